The van der Waals surface area contributed by atoms with E-state index in [1.807, 2.05) is 0 Å². The van der Waals surface area contributed by atoms with E-state index in [0.29, 0.717) is 5.02 Å². The first kappa shape index (κ1) is 15.1. The van der Waals surface area contributed by atoms with Crippen LogP contribution in [0.2, 0.25) is 5.02 Å². The van der Waals surface area contributed by atoms with Crippen LogP contribution in [0.4, 0.5) is 0 Å². The monoisotopic (exact) mass is 328 g/mol. The first-order chi connectivity index (χ1) is 9.75. The van der Waals surface area contributed by atoms with Gasteiger partial charge in [-0.2, -0.15) is 0 Å². The van der Waals surface area contributed by atoms with Gasteiger partial charge in [-0.3, -0.25) is 0 Å². The Balaban J connectivity index is 2.79. The van der Waals surface area contributed by atoms with E-state index >= 15 is 0 Å². The number of aromatic hydroxyl groups is 2. The van der Waals surface area contributed by atoms with Gasteiger partial charge in [-0.25, -0.2) is 13.2 Å². The molecule has 0 aliphatic carbocycles. The second-order valence-corrected chi connectivity index (χ2v) is 6.39. The average Bonchev–Trinajstić information content (AvgIpc) is 2.41. The number of carbonyl (C=O) groups is 1. The van der Waals surface area contributed by atoms with Crippen LogP contribution in [0.15, 0.2) is 46.2 Å². The van der Waals surface area contributed by atoms with E-state index < -0.39 is 37.8 Å². The number of halogens is 1. The highest BCUT2D eigenvalue weighted by molar-refractivity contribution is 7.91. The lowest BCUT2D eigenvalue weighted by molar-refractivity contribution is 0.0688. The van der Waals surface area contributed by atoms with Gasteiger partial charge in [0, 0.05) is 5.02 Å². The molecule has 0 atom stereocenters. The van der Waals surface area contributed by atoms with Crippen molar-refractivity contribution in [2.75, 3.05) is 0 Å². The van der Waals surface area contributed by atoms with Gasteiger partial charge in [-0.1, -0.05) is 11.6 Å². The highest BCUT2D eigenvalue weighted by Crippen LogP contribution is 2.36. The lowest BCUT2D eigenvalue weighted by atomic mass is 10.2. The maximum absolute atomic E-state index is 12.5. The molecule has 0 radical (unpaired) electrons. The van der Waals surface area contributed by atoms with E-state index in [9.17, 15) is 23.4 Å². The Labute approximate surface area is 124 Å². The number of phenolic OH excluding ortho intramolecular Hbond substituents is 1. The number of carboxylic acids is 1. The molecular weight excluding hydrogens is 320 g/mol. The lowest BCUT2D eigenvalue weighted by Crippen LogP contribution is -2.10. The Hall–Kier alpha value is -2.25. The molecule has 2 aromatic rings. The minimum absolute atomic E-state index is 0.254. The van der Waals surface area contributed by atoms with Gasteiger partial charge in [-0.15, -0.1) is 0 Å². The van der Waals surface area contributed by atoms with Gasteiger partial charge in [-0.05, 0) is 36.4 Å². The number of sulfone groups is 1. The standard InChI is InChI=1S/C13H9ClO6S/c14-7-1-3-8(4-2-7)21(19,20)12-10(16)6-5-9(15)11(12)13(17)18/h1-6,15-16H,(H,17,18). The van der Waals surface area contributed by atoms with E-state index in [0.717, 1.165) is 12.1 Å². The molecule has 0 heterocycles. The zero-order valence-electron chi connectivity index (χ0n) is 10.3. The highest BCUT2D eigenvalue weighted by atomic mass is 35.5. The molecule has 0 bridgehead atoms. The van der Waals surface area contributed by atoms with Crippen molar-refractivity contribution in [3.63, 3.8) is 0 Å². The SMILES string of the molecule is O=C(O)c1c(O)ccc(O)c1S(=O)(=O)c1ccc(Cl)cc1. The maximum atomic E-state index is 12.5. The van der Waals surface area contributed by atoms with Crippen LogP contribution in [-0.4, -0.2) is 29.7 Å². The minimum Gasteiger partial charge on any atom is -0.507 e. The summed E-state index contributed by atoms with van der Waals surface area (Å²) in [4.78, 5) is 10.1. The molecule has 0 saturated heterocycles. The molecule has 6 nitrogen and oxygen atoms in total. The minimum atomic E-state index is -4.33. The van der Waals surface area contributed by atoms with Gasteiger partial charge in [0.2, 0.25) is 9.84 Å². The second-order valence-electron chi connectivity index (χ2n) is 4.07. The predicted octanol–water partition coefficient (Wildman–Crippen LogP) is 2.28. The van der Waals surface area contributed by atoms with Gasteiger partial charge in [0.1, 0.15) is 22.0 Å². The topological polar surface area (TPSA) is 112 Å². The molecular formula is C13H9ClO6S. The fraction of sp³-hybridized carbons (Fsp3) is 0. The molecule has 2 rings (SSSR count). The molecule has 8 heteroatoms. The predicted molar refractivity (Wildman–Crippen MR) is 73.6 cm³/mol. The molecule has 3 N–H and O–H groups in total. The van der Waals surface area contributed by atoms with E-state index in [2.05, 4.69) is 0 Å². The number of benzene rings is 2. The summed E-state index contributed by atoms with van der Waals surface area (Å²) in [6.45, 7) is 0. The van der Waals surface area contributed by atoms with Gasteiger partial charge in [0.15, 0.2) is 0 Å². The van der Waals surface area contributed by atoms with Crippen LogP contribution in [0.1, 0.15) is 10.4 Å². The molecule has 110 valence electrons. The Morgan fingerprint density at radius 2 is 1.48 bits per heavy atom. The quantitative estimate of drug-likeness (QED) is 0.745. The van der Waals surface area contributed by atoms with Crippen molar-refractivity contribution in [1.29, 1.82) is 0 Å². The molecule has 21 heavy (non-hydrogen) atoms. The van der Waals surface area contributed by atoms with Crippen molar-refractivity contribution in [3.05, 3.63) is 47.0 Å². The summed E-state index contributed by atoms with van der Waals surface area (Å²) in [5.74, 6) is -3.19. The summed E-state index contributed by atoms with van der Waals surface area (Å²) in [6.07, 6.45) is 0. The van der Waals surface area contributed by atoms with Crippen molar-refractivity contribution in [2.24, 2.45) is 0 Å². The van der Waals surface area contributed by atoms with Crippen molar-refractivity contribution in [1.82, 2.24) is 0 Å². The molecule has 0 amide bonds. The van der Waals surface area contributed by atoms with Gasteiger partial charge in [0.05, 0.1) is 4.90 Å². The highest BCUT2D eigenvalue weighted by Gasteiger charge is 2.30. The fourth-order valence-corrected chi connectivity index (χ4v) is 3.43. The first-order valence-corrected chi connectivity index (χ1v) is 7.40. The summed E-state index contributed by atoms with van der Waals surface area (Å²) in [6, 6.07) is 6.78. The number of aromatic carboxylic acids is 1. The van der Waals surface area contributed by atoms with Crippen LogP contribution >= 0.6 is 11.6 Å². The molecule has 0 aliphatic rings. The largest absolute Gasteiger partial charge is 0.507 e. The number of carboxylic acid groups (broad SMARTS) is 1. The third kappa shape index (κ3) is 2.65. The van der Waals surface area contributed by atoms with Crippen molar-refractivity contribution in [2.45, 2.75) is 9.79 Å². The normalized spacial score (nSPS) is 11.3. The second kappa shape index (κ2) is 5.27. The van der Waals surface area contributed by atoms with Gasteiger partial charge in [0.25, 0.3) is 0 Å². The van der Waals surface area contributed by atoms with E-state index in [-0.39, 0.29) is 4.90 Å². The van der Waals surface area contributed by atoms with Crippen LogP contribution < -0.4 is 0 Å². The van der Waals surface area contributed by atoms with Crippen molar-refractivity contribution in [3.8, 4) is 11.5 Å². The van der Waals surface area contributed by atoms with Gasteiger partial charge < -0.3 is 15.3 Å². The summed E-state index contributed by atoms with van der Waals surface area (Å²) in [5.41, 5.74) is -0.884. The third-order valence-electron chi connectivity index (χ3n) is 2.72. The van der Waals surface area contributed by atoms with Crippen LogP contribution in [0, 0.1) is 0 Å². The van der Waals surface area contributed by atoms with E-state index in [4.69, 9.17) is 16.7 Å². The fourth-order valence-electron chi connectivity index (χ4n) is 1.77. The third-order valence-corrected chi connectivity index (χ3v) is 4.82. The van der Waals surface area contributed by atoms with Crippen LogP contribution in [-0.2, 0) is 9.84 Å². The average molecular weight is 329 g/mol. The summed E-state index contributed by atoms with van der Waals surface area (Å²) >= 11 is 5.67. The molecule has 0 fully saturated rings. The van der Waals surface area contributed by atoms with Crippen LogP contribution in [0.5, 0.6) is 11.5 Å². The molecule has 0 unspecified atom stereocenters. The number of hydrogen-bond acceptors (Lipinski definition) is 5. The van der Waals surface area contributed by atoms with Crippen molar-refractivity contribution >= 4 is 27.4 Å². The number of rotatable bonds is 3. The summed E-state index contributed by atoms with van der Waals surface area (Å²) in [5, 5.41) is 28.7. The van der Waals surface area contributed by atoms with E-state index in [1.54, 1.807) is 0 Å². The Morgan fingerprint density at radius 1 is 0.952 bits per heavy atom. The van der Waals surface area contributed by atoms with Crippen LogP contribution in [0.25, 0.3) is 0 Å². The first-order valence-electron chi connectivity index (χ1n) is 5.54. The number of hydrogen-bond donors (Lipinski definition) is 3. The summed E-state index contributed by atoms with van der Waals surface area (Å²) < 4.78 is 24.9. The molecule has 2 aromatic carbocycles. The van der Waals surface area contributed by atoms with Crippen LogP contribution in [0.3, 0.4) is 0 Å². The Kier molecular flexibility index (Phi) is 3.80. The molecule has 0 aliphatic heterocycles. The Bertz CT molecular complexity index is 811. The Morgan fingerprint density at radius 3 is 2.00 bits per heavy atom. The van der Waals surface area contributed by atoms with Gasteiger partial charge >= 0.3 is 5.97 Å². The van der Waals surface area contributed by atoms with E-state index in [1.165, 1.54) is 24.3 Å². The molecule has 0 aromatic heterocycles. The molecule has 0 saturated carbocycles. The molecule has 0 spiro atoms. The maximum Gasteiger partial charge on any atom is 0.340 e. The van der Waals surface area contributed by atoms with Crippen molar-refractivity contribution < 1.29 is 28.5 Å². The summed E-state index contributed by atoms with van der Waals surface area (Å²) in [7, 11) is -4.33. The zero-order chi connectivity index (χ0) is 15.8. The zero-order valence-corrected chi connectivity index (χ0v) is 11.9. The number of phenols is 2. The lowest BCUT2D eigenvalue weighted by Gasteiger charge is -2.11. The smallest absolute Gasteiger partial charge is 0.340 e.